The molecule has 0 saturated heterocycles. The molecule has 27 heavy (non-hydrogen) atoms. The minimum absolute atomic E-state index is 0.0518. The van der Waals surface area contributed by atoms with Gasteiger partial charge in [-0.1, -0.05) is 48.0 Å². The fourth-order valence-electron chi connectivity index (χ4n) is 2.50. The van der Waals surface area contributed by atoms with Gasteiger partial charge in [-0.15, -0.1) is 0 Å². The van der Waals surface area contributed by atoms with Gasteiger partial charge in [0.05, 0.1) is 12.7 Å². The topological polar surface area (TPSA) is 67.8 Å². The summed E-state index contributed by atoms with van der Waals surface area (Å²) in [5.41, 5.74) is 0.925. The summed E-state index contributed by atoms with van der Waals surface area (Å²) in [4.78, 5) is 11.9. The Labute approximate surface area is 162 Å². The number of fused-ring (bicyclic) bond motifs is 1. The zero-order chi connectivity index (χ0) is 19.6. The standard InChI is InChI=1S/C21H28NO4P/c1-16(2)25-21(24)14-22-27(13-7-8-17(3)15-23)26-20-12-6-10-18-9-4-5-11-19(18)20/h4-6,8-12,16,22-23H,7,13-15H2,1-3H3/b17-8+. The van der Waals surface area contributed by atoms with Crippen molar-refractivity contribution >= 4 is 25.0 Å². The van der Waals surface area contributed by atoms with Crippen molar-refractivity contribution in [2.45, 2.75) is 33.3 Å². The predicted molar refractivity (Wildman–Crippen MR) is 111 cm³/mol. The van der Waals surface area contributed by atoms with Crippen molar-refractivity contribution < 1.29 is 19.2 Å². The second kappa shape index (κ2) is 11.0. The molecule has 5 nitrogen and oxygen atoms in total. The third-order valence-electron chi connectivity index (χ3n) is 3.80. The first kappa shape index (κ1) is 21.4. The lowest BCUT2D eigenvalue weighted by molar-refractivity contribution is -0.145. The van der Waals surface area contributed by atoms with Crippen molar-refractivity contribution in [3.8, 4) is 5.75 Å². The van der Waals surface area contributed by atoms with E-state index in [0.717, 1.165) is 34.7 Å². The number of carbonyl (C=O) groups is 1. The van der Waals surface area contributed by atoms with E-state index >= 15 is 0 Å². The molecule has 6 heteroatoms. The molecule has 2 N–H and O–H groups in total. The first-order valence-corrected chi connectivity index (χ1v) is 10.6. The van der Waals surface area contributed by atoms with E-state index in [1.807, 2.05) is 69.3 Å². The number of benzene rings is 2. The normalized spacial score (nSPS) is 13.0. The molecule has 0 spiro atoms. The van der Waals surface area contributed by atoms with Crippen LogP contribution in [0.5, 0.6) is 5.75 Å². The lowest BCUT2D eigenvalue weighted by Crippen LogP contribution is -2.25. The molecule has 0 amide bonds. The van der Waals surface area contributed by atoms with Gasteiger partial charge in [-0.05, 0) is 38.6 Å². The van der Waals surface area contributed by atoms with Crippen molar-refractivity contribution in [3.05, 3.63) is 54.1 Å². The molecule has 0 aliphatic carbocycles. The van der Waals surface area contributed by atoms with E-state index in [9.17, 15) is 4.79 Å². The molecular formula is C21H28NO4P. The van der Waals surface area contributed by atoms with E-state index in [4.69, 9.17) is 14.4 Å². The molecule has 2 rings (SSSR count). The van der Waals surface area contributed by atoms with Crippen LogP contribution in [0.1, 0.15) is 27.2 Å². The number of nitrogens with one attached hydrogen (secondary N) is 1. The summed E-state index contributed by atoms with van der Waals surface area (Å²) in [6.07, 6.45) is 3.34. The number of hydrogen-bond donors (Lipinski definition) is 2. The highest BCUT2D eigenvalue weighted by Crippen LogP contribution is 2.38. The average molecular weight is 389 g/mol. The molecule has 2 aromatic rings. The first-order valence-electron chi connectivity index (χ1n) is 9.12. The summed E-state index contributed by atoms with van der Waals surface area (Å²) in [5, 5.41) is 14.5. The predicted octanol–water partition coefficient (Wildman–Crippen LogP) is 4.40. The zero-order valence-electron chi connectivity index (χ0n) is 16.1. The number of esters is 1. The van der Waals surface area contributed by atoms with E-state index in [-0.39, 0.29) is 25.2 Å². The Kier molecular flexibility index (Phi) is 8.73. The van der Waals surface area contributed by atoms with Gasteiger partial charge in [-0.2, -0.15) is 0 Å². The highest BCUT2D eigenvalue weighted by atomic mass is 31.2. The number of rotatable bonds is 10. The van der Waals surface area contributed by atoms with Gasteiger partial charge in [0, 0.05) is 11.5 Å². The SMILES string of the molecule is C/C(=C\CCP(NCC(=O)OC(C)C)Oc1cccc2ccccc12)CO. The van der Waals surface area contributed by atoms with Crippen LogP contribution >= 0.6 is 8.30 Å². The number of aliphatic hydroxyl groups is 1. The molecule has 1 atom stereocenters. The molecule has 0 aliphatic heterocycles. The van der Waals surface area contributed by atoms with Gasteiger partial charge in [-0.25, -0.2) is 0 Å². The lowest BCUT2D eigenvalue weighted by Gasteiger charge is -2.20. The maximum atomic E-state index is 11.9. The molecule has 2 aromatic carbocycles. The molecule has 0 saturated carbocycles. The van der Waals surface area contributed by atoms with E-state index in [1.54, 1.807) is 0 Å². The maximum absolute atomic E-state index is 11.9. The molecular weight excluding hydrogens is 361 g/mol. The summed E-state index contributed by atoms with van der Waals surface area (Å²) < 4.78 is 11.4. The van der Waals surface area contributed by atoms with Crippen molar-refractivity contribution in [1.29, 1.82) is 0 Å². The summed E-state index contributed by atoms with van der Waals surface area (Å²) in [6.45, 7) is 5.71. The second-order valence-electron chi connectivity index (χ2n) is 6.54. The molecule has 0 bridgehead atoms. The van der Waals surface area contributed by atoms with Crippen LogP contribution in [-0.2, 0) is 9.53 Å². The van der Waals surface area contributed by atoms with Crippen molar-refractivity contribution in [2.75, 3.05) is 19.3 Å². The van der Waals surface area contributed by atoms with Crippen LogP contribution < -0.4 is 9.61 Å². The fraction of sp³-hybridized carbons (Fsp3) is 0.381. The number of carbonyl (C=O) groups excluding carboxylic acids is 1. The second-order valence-corrected chi connectivity index (χ2v) is 8.24. The number of hydrogen-bond acceptors (Lipinski definition) is 5. The van der Waals surface area contributed by atoms with Gasteiger partial charge in [-0.3, -0.25) is 9.88 Å². The summed E-state index contributed by atoms with van der Waals surface area (Å²) >= 11 is 0. The van der Waals surface area contributed by atoms with Crippen LogP contribution in [0.15, 0.2) is 54.1 Å². The summed E-state index contributed by atoms with van der Waals surface area (Å²) in [7, 11) is -1.08. The van der Waals surface area contributed by atoms with Crippen LogP contribution in [0.2, 0.25) is 0 Å². The van der Waals surface area contributed by atoms with Crippen LogP contribution in [0.3, 0.4) is 0 Å². The van der Waals surface area contributed by atoms with Crippen LogP contribution in [-0.4, -0.2) is 36.5 Å². The Bertz CT molecular complexity index is 770. The van der Waals surface area contributed by atoms with E-state index in [0.29, 0.717) is 0 Å². The maximum Gasteiger partial charge on any atom is 0.320 e. The largest absolute Gasteiger partial charge is 0.462 e. The number of ether oxygens (including phenoxy) is 1. The molecule has 146 valence electrons. The Morgan fingerprint density at radius 1 is 1.22 bits per heavy atom. The first-order chi connectivity index (χ1) is 13.0. The average Bonchev–Trinajstić information content (AvgIpc) is 2.65. The third-order valence-corrected chi connectivity index (χ3v) is 5.39. The summed E-state index contributed by atoms with van der Waals surface area (Å²) in [6, 6.07) is 14.0. The highest BCUT2D eigenvalue weighted by Gasteiger charge is 2.15. The van der Waals surface area contributed by atoms with Crippen molar-refractivity contribution in [2.24, 2.45) is 0 Å². The van der Waals surface area contributed by atoms with Crippen LogP contribution in [0.25, 0.3) is 10.8 Å². The third kappa shape index (κ3) is 7.30. The lowest BCUT2D eigenvalue weighted by atomic mass is 10.1. The Hall–Kier alpha value is -1.94. The van der Waals surface area contributed by atoms with Crippen molar-refractivity contribution in [1.82, 2.24) is 5.09 Å². The Morgan fingerprint density at radius 2 is 1.96 bits per heavy atom. The van der Waals surface area contributed by atoms with Gasteiger partial charge in [0.25, 0.3) is 0 Å². The Morgan fingerprint density at radius 3 is 2.70 bits per heavy atom. The smallest absolute Gasteiger partial charge is 0.320 e. The highest BCUT2D eigenvalue weighted by molar-refractivity contribution is 7.50. The van der Waals surface area contributed by atoms with Crippen LogP contribution in [0, 0.1) is 0 Å². The number of allylic oxidation sites excluding steroid dienone is 1. The van der Waals surface area contributed by atoms with Gasteiger partial charge >= 0.3 is 5.97 Å². The fourth-order valence-corrected chi connectivity index (χ4v) is 3.88. The van der Waals surface area contributed by atoms with E-state index < -0.39 is 8.30 Å². The Balaban J connectivity index is 2.09. The van der Waals surface area contributed by atoms with Gasteiger partial charge < -0.3 is 14.4 Å². The monoisotopic (exact) mass is 389 g/mol. The minimum atomic E-state index is -1.08. The number of aliphatic hydroxyl groups excluding tert-OH is 1. The van der Waals surface area contributed by atoms with E-state index in [1.165, 1.54) is 0 Å². The molecule has 0 aromatic heterocycles. The molecule has 1 unspecified atom stereocenters. The molecule has 0 heterocycles. The molecule has 0 fully saturated rings. The summed E-state index contributed by atoms with van der Waals surface area (Å²) in [5.74, 6) is 0.507. The minimum Gasteiger partial charge on any atom is -0.462 e. The quantitative estimate of drug-likeness (QED) is 0.358. The molecule has 0 radical (unpaired) electrons. The van der Waals surface area contributed by atoms with Gasteiger partial charge in [0.15, 0.2) is 8.30 Å². The van der Waals surface area contributed by atoms with Gasteiger partial charge in [0.2, 0.25) is 0 Å². The van der Waals surface area contributed by atoms with E-state index in [2.05, 4.69) is 5.09 Å². The van der Waals surface area contributed by atoms with Crippen LogP contribution in [0.4, 0.5) is 0 Å². The van der Waals surface area contributed by atoms with Crippen molar-refractivity contribution in [3.63, 3.8) is 0 Å². The zero-order valence-corrected chi connectivity index (χ0v) is 17.0. The molecule has 0 aliphatic rings. The van der Waals surface area contributed by atoms with Gasteiger partial charge in [0.1, 0.15) is 12.3 Å².